The lowest BCUT2D eigenvalue weighted by atomic mass is 10.0. The highest BCUT2D eigenvalue weighted by atomic mass is 35.5. The second kappa shape index (κ2) is 8.02. The van der Waals surface area contributed by atoms with Gasteiger partial charge in [-0.1, -0.05) is 29.3 Å². The van der Waals surface area contributed by atoms with E-state index in [0.29, 0.717) is 17.1 Å². The maximum Gasteiger partial charge on any atom is 0.256 e. The van der Waals surface area contributed by atoms with Crippen LogP contribution < -0.4 is 10.1 Å². The van der Waals surface area contributed by atoms with Gasteiger partial charge in [-0.3, -0.25) is 4.79 Å². The Morgan fingerprint density at radius 2 is 1.89 bits per heavy atom. The van der Waals surface area contributed by atoms with Gasteiger partial charge in [-0.2, -0.15) is 5.10 Å². The van der Waals surface area contributed by atoms with Crippen molar-refractivity contribution in [2.45, 2.75) is 26.8 Å². The predicted molar refractivity (Wildman–Crippen MR) is 107 cm³/mol. The molecule has 3 rings (SSSR count). The number of aromatic nitrogens is 2. The molecule has 1 amide bonds. The minimum Gasteiger partial charge on any atom is -0.496 e. The Kier molecular flexibility index (Phi) is 5.70. The number of rotatable bonds is 5. The van der Waals surface area contributed by atoms with Gasteiger partial charge in [0.05, 0.1) is 30.1 Å². The first kappa shape index (κ1) is 19.9. The van der Waals surface area contributed by atoms with Crippen molar-refractivity contribution in [1.29, 1.82) is 0 Å². The highest BCUT2D eigenvalue weighted by Gasteiger charge is 2.23. The highest BCUT2D eigenvalue weighted by molar-refractivity contribution is 6.33. The number of aryl methyl sites for hydroxylation is 2. The normalized spacial score (nSPS) is 11.9. The Bertz CT molecular complexity index is 1020. The van der Waals surface area contributed by atoms with Gasteiger partial charge < -0.3 is 10.1 Å². The first-order valence-corrected chi connectivity index (χ1v) is 9.16. The molecule has 0 spiro atoms. The molecule has 0 saturated carbocycles. The number of ether oxygens (including phenoxy) is 1. The summed E-state index contributed by atoms with van der Waals surface area (Å²) in [5.41, 5.74) is 3.27. The van der Waals surface area contributed by atoms with E-state index in [1.807, 2.05) is 32.0 Å². The van der Waals surface area contributed by atoms with Crippen molar-refractivity contribution in [2.75, 3.05) is 7.11 Å². The molecule has 28 heavy (non-hydrogen) atoms. The number of hydrogen-bond donors (Lipinski definition) is 1. The van der Waals surface area contributed by atoms with E-state index in [4.69, 9.17) is 16.3 Å². The van der Waals surface area contributed by atoms with Crippen molar-refractivity contribution < 1.29 is 13.9 Å². The van der Waals surface area contributed by atoms with Crippen LogP contribution in [0.4, 0.5) is 4.39 Å². The third-order valence-corrected chi connectivity index (χ3v) is 4.85. The lowest BCUT2D eigenvalue weighted by Gasteiger charge is -2.18. The Labute approximate surface area is 168 Å². The van der Waals surface area contributed by atoms with E-state index < -0.39 is 0 Å². The SMILES string of the molecule is COc1ccc(C)cc1[C@@H](C)NC(=O)c1c(C)nn(-c2ccc(F)cc2)c1Cl. The number of carbonyl (C=O) groups excluding carboxylic acids is 1. The summed E-state index contributed by atoms with van der Waals surface area (Å²) in [5, 5.41) is 7.46. The lowest BCUT2D eigenvalue weighted by molar-refractivity contribution is 0.0939. The zero-order chi connectivity index (χ0) is 20.4. The van der Waals surface area contributed by atoms with Gasteiger partial charge in [-0.05, 0) is 51.1 Å². The first-order chi connectivity index (χ1) is 13.3. The molecule has 0 fully saturated rings. The fourth-order valence-corrected chi connectivity index (χ4v) is 3.41. The summed E-state index contributed by atoms with van der Waals surface area (Å²) in [5.74, 6) is -0.00205. The Hall–Kier alpha value is -2.86. The van der Waals surface area contributed by atoms with Crippen LogP contribution in [0.1, 0.15) is 40.1 Å². The monoisotopic (exact) mass is 401 g/mol. The third-order valence-electron chi connectivity index (χ3n) is 4.50. The molecule has 7 heteroatoms. The molecule has 0 aliphatic carbocycles. The van der Waals surface area contributed by atoms with Crippen LogP contribution in [0.5, 0.6) is 5.75 Å². The molecule has 0 aliphatic heterocycles. The van der Waals surface area contributed by atoms with Crippen molar-refractivity contribution in [1.82, 2.24) is 15.1 Å². The first-order valence-electron chi connectivity index (χ1n) is 8.78. The molecule has 1 aromatic heterocycles. The molecule has 0 aliphatic rings. The van der Waals surface area contributed by atoms with Crippen molar-refractivity contribution in [3.8, 4) is 11.4 Å². The standard InChI is InChI=1S/C21H21ClFN3O2/c1-12-5-10-18(28-4)17(11-12)13(2)24-21(27)19-14(3)25-26(20(19)22)16-8-6-15(23)7-9-16/h5-11,13H,1-4H3,(H,24,27)/t13-/m1/s1. The number of carbonyl (C=O) groups is 1. The molecule has 0 saturated heterocycles. The van der Waals surface area contributed by atoms with E-state index in [0.717, 1.165) is 11.1 Å². The fraction of sp³-hybridized carbons (Fsp3) is 0.238. The summed E-state index contributed by atoms with van der Waals surface area (Å²) in [4.78, 5) is 12.9. The molecule has 0 radical (unpaired) electrons. The average molecular weight is 402 g/mol. The van der Waals surface area contributed by atoms with Gasteiger partial charge in [0.15, 0.2) is 0 Å². The summed E-state index contributed by atoms with van der Waals surface area (Å²) >= 11 is 6.43. The molecule has 1 heterocycles. The van der Waals surface area contributed by atoms with Crippen LogP contribution in [0.25, 0.3) is 5.69 Å². The van der Waals surface area contributed by atoms with Crippen molar-refractivity contribution in [2.24, 2.45) is 0 Å². The van der Waals surface area contributed by atoms with Gasteiger partial charge in [-0.25, -0.2) is 9.07 Å². The largest absolute Gasteiger partial charge is 0.496 e. The predicted octanol–water partition coefficient (Wildman–Crippen LogP) is 4.78. The van der Waals surface area contributed by atoms with E-state index >= 15 is 0 Å². The summed E-state index contributed by atoms with van der Waals surface area (Å²) in [6.45, 7) is 5.56. The van der Waals surface area contributed by atoms with Crippen molar-refractivity contribution in [3.63, 3.8) is 0 Å². The maximum atomic E-state index is 13.2. The van der Waals surface area contributed by atoms with Gasteiger partial charge >= 0.3 is 0 Å². The number of methoxy groups -OCH3 is 1. The zero-order valence-corrected chi connectivity index (χ0v) is 16.8. The van der Waals surface area contributed by atoms with E-state index in [2.05, 4.69) is 10.4 Å². The molecule has 146 valence electrons. The fourth-order valence-electron chi connectivity index (χ4n) is 3.05. The summed E-state index contributed by atoms with van der Waals surface area (Å²) in [7, 11) is 1.59. The van der Waals surface area contributed by atoms with Gasteiger partial charge in [-0.15, -0.1) is 0 Å². The van der Waals surface area contributed by atoms with Crippen LogP contribution in [0.3, 0.4) is 0 Å². The molecule has 1 N–H and O–H groups in total. The maximum absolute atomic E-state index is 13.2. The zero-order valence-electron chi connectivity index (χ0n) is 16.1. The molecular formula is C21H21ClFN3O2. The van der Waals surface area contributed by atoms with Crippen LogP contribution >= 0.6 is 11.6 Å². The number of nitrogens with one attached hydrogen (secondary N) is 1. The highest BCUT2D eigenvalue weighted by Crippen LogP contribution is 2.28. The van der Waals surface area contributed by atoms with E-state index in [1.165, 1.54) is 16.8 Å². The number of amides is 1. The molecular weight excluding hydrogens is 381 g/mol. The van der Waals surface area contributed by atoms with Gasteiger partial charge in [0.1, 0.15) is 16.7 Å². The Balaban J connectivity index is 1.89. The number of nitrogens with zero attached hydrogens (tertiary/aromatic N) is 2. The van der Waals surface area contributed by atoms with Gasteiger partial charge in [0, 0.05) is 5.56 Å². The topological polar surface area (TPSA) is 56.1 Å². The Morgan fingerprint density at radius 1 is 1.21 bits per heavy atom. The van der Waals surface area contributed by atoms with Gasteiger partial charge in [0.25, 0.3) is 5.91 Å². The second-order valence-corrected chi connectivity index (χ2v) is 6.94. The van der Waals surface area contributed by atoms with Crippen molar-refractivity contribution in [3.05, 3.63) is 75.8 Å². The number of benzene rings is 2. The molecule has 1 atom stereocenters. The molecule has 2 aromatic carbocycles. The van der Waals surface area contributed by atoms with E-state index in [-0.39, 0.29) is 28.5 Å². The minimum absolute atomic E-state index is 0.171. The van der Waals surface area contributed by atoms with Gasteiger partial charge in [0.2, 0.25) is 0 Å². The molecule has 0 bridgehead atoms. The van der Waals surface area contributed by atoms with E-state index in [9.17, 15) is 9.18 Å². The minimum atomic E-state index is -0.359. The van der Waals surface area contributed by atoms with Crippen LogP contribution in [0, 0.1) is 19.7 Å². The van der Waals surface area contributed by atoms with Crippen LogP contribution in [-0.2, 0) is 0 Å². The summed E-state index contributed by atoms with van der Waals surface area (Å²) < 4.78 is 20.0. The Morgan fingerprint density at radius 3 is 2.54 bits per heavy atom. The van der Waals surface area contributed by atoms with Crippen LogP contribution in [0.2, 0.25) is 5.15 Å². The average Bonchev–Trinajstić information content (AvgIpc) is 2.96. The smallest absolute Gasteiger partial charge is 0.256 e. The lowest BCUT2D eigenvalue weighted by Crippen LogP contribution is -2.27. The number of hydrogen-bond acceptors (Lipinski definition) is 3. The second-order valence-electron chi connectivity index (χ2n) is 6.58. The number of halogens is 2. The van der Waals surface area contributed by atoms with Crippen LogP contribution in [0.15, 0.2) is 42.5 Å². The summed E-state index contributed by atoms with van der Waals surface area (Å²) in [6, 6.07) is 11.2. The van der Waals surface area contributed by atoms with Crippen molar-refractivity contribution >= 4 is 17.5 Å². The quantitative estimate of drug-likeness (QED) is 0.669. The molecule has 0 unspecified atom stereocenters. The third kappa shape index (κ3) is 3.87. The van der Waals surface area contributed by atoms with E-state index in [1.54, 1.807) is 26.2 Å². The van der Waals surface area contributed by atoms with Crippen LogP contribution in [-0.4, -0.2) is 22.8 Å². The summed E-state index contributed by atoms with van der Waals surface area (Å²) in [6.07, 6.45) is 0. The molecule has 3 aromatic rings. The molecule has 5 nitrogen and oxygen atoms in total.